The number of hydrogen-bond acceptors (Lipinski definition) is 2. The number of imidazole rings is 1. The molecule has 0 fully saturated rings. The van der Waals surface area contributed by atoms with Crippen LogP contribution in [-0.4, -0.2) is 18.7 Å². The zero-order valence-electron chi connectivity index (χ0n) is 30.2. The molecular formula is C43H45N4OPt-. The average molecular weight is 829 g/mol. The summed E-state index contributed by atoms with van der Waals surface area (Å²) in [4.78, 5) is 4.89. The van der Waals surface area contributed by atoms with Gasteiger partial charge in [-0.1, -0.05) is 103 Å². The predicted octanol–water partition coefficient (Wildman–Crippen LogP) is 11.0. The van der Waals surface area contributed by atoms with Gasteiger partial charge in [-0.05, 0) is 46.7 Å². The molecule has 0 amide bonds. The van der Waals surface area contributed by atoms with Crippen molar-refractivity contribution in [2.75, 3.05) is 0 Å². The second-order valence-electron chi connectivity index (χ2n) is 16.1. The topological polar surface area (TPSA) is 36.9 Å². The first-order chi connectivity index (χ1) is 22.6. The van der Waals surface area contributed by atoms with Crippen molar-refractivity contribution in [3.8, 4) is 23.0 Å². The standard InChI is InChI=1S/C43H45N4O.Pt/c1-41(2,3)28-21-22-44-40(23-28)47-34-16-12-11-15-30(34)31-25-33(43(7,8)9)39(26-37(31)47)48-38-24-29(19-20-32(38)42(4,5)6)46-27-45(10)35-17-13-14-18-36(35)46;/h11-23,25,27H,1-10H3;/q-1;. The summed E-state index contributed by atoms with van der Waals surface area (Å²) in [5.74, 6) is 2.28. The zero-order valence-corrected chi connectivity index (χ0v) is 32.4. The predicted molar refractivity (Wildman–Crippen MR) is 199 cm³/mol. The molecule has 7 aromatic rings. The van der Waals surface area contributed by atoms with Crippen LogP contribution in [0.15, 0.2) is 91.4 Å². The van der Waals surface area contributed by atoms with E-state index in [0.717, 1.165) is 50.1 Å². The normalized spacial score (nSPS) is 12.5. The molecule has 3 heterocycles. The average Bonchev–Trinajstić information content (AvgIpc) is 3.53. The molecule has 49 heavy (non-hydrogen) atoms. The van der Waals surface area contributed by atoms with Crippen molar-refractivity contribution in [1.82, 2.24) is 18.7 Å². The molecule has 0 saturated carbocycles. The van der Waals surface area contributed by atoms with Gasteiger partial charge >= 0.3 is 0 Å². The Hall–Kier alpha value is -4.21. The van der Waals surface area contributed by atoms with Crippen LogP contribution in [-0.2, 0) is 44.4 Å². The van der Waals surface area contributed by atoms with Crippen molar-refractivity contribution < 1.29 is 25.8 Å². The van der Waals surface area contributed by atoms with E-state index in [9.17, 15) is 0 Å². The fraction of sp³-hybridized carbons (Fsp3) is 0.302. The van der Waals surface area contributed by atoms with E-state index in [2.05, 4.69) is 180 Å². The largest absolute Gasteiger partial charge is 0.508 e. The monoisotopic (exact) mass is 828 g/mol. The summed E-state index contributed by atoms with van der Waals surface area (Å²) in [6.45, 7) is 20.1. The number of fused-ring (bicyclic) bond motifs is 4. The van der Waals surface area contributed by atoms with Crippen LogP contribution in [0.5, 0.6) is 11.5 Å². The van der Waals surface area contributed by atoms with E-state index < -0.39 is 0 Å². The van der Waals surface area contributed by atoms with Crippen LogP contribution < -0.4 is 4.74 Å². The minimum Gasteiger partial charge on any atom is -0.508 e. The summed E-state index contributed by atoms with van der Waals surface area (Å²) < 4.78 is 13.6. The molecule has 0 aliphatic carbocycles. The Morgan fingerprint density at radius 3 is 1.96 bits per heavy atom. The van der Waals surface area contributed by atoms with Gasteiger partial charge in [0.1, 0.15) is 5.82 Å². The SMILES string of the molecule is Cn1[cH+]n(-c2[c-]c(Oc3[c-]c4c(cc3C(C)(C)C)c3ccccc3n4-c3cc(C(C)(C)C)ccn3)c(C(C)(C)C)cc2)c2ccccc21.[Pt]. The summed E-state index contributed by atoms with van der Waals surface area (Å²) in [5, 5.41) is 2.30. The van der Waals surface area contributed by atoms with Gasteiger partial charge in [0.15, 0.2) is 17.4 Å². The van der Waals surface area contributed by atoms with Crippen molar-refractivity contribution >= 4 is 32.8 Å². The molecule has 0 aliphatic rings. The first-order valence-electron chi connectivity index (χ1n) is 16.8. The third-order valence-electron chi connectivity index (χ3n) is 9.30. The maximum Gasteiger partial charge on any atom is 0.188 e. The molecule has 0 radical (unpaired) electrons. The molecule has 0 spiro atoms. The first-order valence-corrected chi connectivity index (χ1v) is 16.8. The number of nitrogens with zero attached hydrogens (tertiary/aromatic N) is 4. The van der Waals surface area contributed by atoms with Crippen LogP contribution in [0.1, 0.15) is 79.0 Å². The summed E-state index contributed by atoms with van der Waals surface area (Å²) in [7, 11) is 2.07. The van der Waals surface area contributed by atoms with Crippen LogP contribution in [0.4, 0.5) is 0 Å². The summed E-state index contributed by atoms with van der Waals surface area (Å²) in [5.41, 5.74) is 8.22. The van der Waals surface area contributed by atoms with E-state index >= 15 is 0 Å². The van der Waals surface area contributed by atoms with Crippen LogP contribution in [0.25, 0.3) is 44.3 Å². The number of aromatic nitrogens is 4. The molecule has 0 atom stereocenters. The van der Waals surface area contributed by atoms with E-state index in [-0.39, 0.29) is 37.3 Å². The van der Waals surface area contributed by atoms with Gasteiger partial charge in [-0.3, -0.25) is 0 Å². The molecule has 0 N–H and O–H groups in total. The van der Waals surface area contributed by atoms with E-state index in [4.69, 9.17) is 9.72 Å². The second-order valence-corrected chi connectivity index (χ2v) is 16.1. The fourth-order valence-electron chi connectivity index (χ4n) is 6.63. The van der Waals surface area contributed by atoms with Crippen molar-refractivity contribution in [1.29, 1.82) is 0 Å². The number of aryl methyl sites for hydroxylation is 1. The third kappa shape index (κ3) is 6.23. The number of para-hydroxylation sites is 3. The molecule has 5 nitrogen and oxygen atoms in total. The molecule has 0 aliphatic heterocycles. The third-order valence-corrected chi connectivity index (χ3v) is 9.30. The Bertz CT molecular complexity index is 2340. The zero-order chi connectivity index (χ0) is 34.2. The maximum atomic E-state index is 7.08. The summed E-state index contributed by atoms with van der Waals surface area (Å²) in [6, 6.07) is 35.4. The molecule has 254 valence electrons. The van der Waals surface area contributed by atoms with Gasteiger partial charge in [-0.2, -0.15) is 12.1 Å². The van der Waals surface area contributed by atoms with Crippen molar-refractivity contribution in [3.05, 3.63) is 120 Å². The molecular weight excluding hydrogens is 784 g/mol. The quantitative estimate of drug-likeness (QED) is 0.166. The minimum absolute atomic E-state index is 0. The van der Waals surface area contributed by atoms with Crippen LogP contribution >= 0.6 is 0 Å². The van der Waals surface area contributed by atoms with Crippen molar-refractivity contribution in [2.24, 2.45) is 7.05 Å². The van der Waals surface area contributed by atoms with Crippen molar-refractivity contribution in [3.63, 3.8) is 0 Å². The van der Waals surface area contributed by atoms with Gasteiger partial charge in [0.25, 0.3) is 0 Å². The fourth-order valence-corrected chi connectivity index (χ4v) is 6.63. The smallest absolute Gasteiger partial charge is 0.188 e. The molecule has 0 bridgehead atoms. The number of benzene rings is 4. The van der Waals surface area contributed by atoms with E-state index in [1.807, 2.05) is 6.20 Å². The number of rotatable bonds is 4. The minimum atomic E-state index is -0.211. The Labute approximate surface area is 304 Å². The molecule has 6 heteroatoms. The van der Waals surface area contributed by atoms with E-state index in [0.29, 0.717) is 11.5 Å². The van der Waals surface area contributed by atoms with Crippen LogP contribution in [0, 0.1) is 12.1 Å². The van der Waals surface area contributed by atoms with Gasteiger partial charge in [0.05, 0.1) is 0 Å². The van der Waals surface area contributed by atoms with E-state index in [1.54, 1.807) is 0 Å². The molecule has 0 unspecified atom stereocenters. The molecule has 0 saturated heterocycles. The Kier molecular flexibility index (Phi) is 8.68. The number of pyridine rings is 1. The van der Waals surface area contributed by atoms with Crippen LogP contribution in [0.2, 0.25) is 0 Å². The van der Waals surface area contributed by atoms with Gasteiger partial charge < -0.3 is 9.30 Å². The molecule has 4 aromatic carbocycles. The van der Waals surface area contributed by atoms with Crippen molar-refractivity contribution in [2.45, 2.75) is 78.6 Å². The van der Waals surface area contributed by atoms with Crippen LogP contribution in [0.3, 0.4) is 0 Å². The first kappa shape index (κ1) is 34.6. The van der Waals surface area contributed by atoms with Gasteiger partial charge in [0.2, 0.25) is 0 Å². The Morgan fingerprint density at radius 2 is 1.29 bits per heavy atom. The maximum absolute atomic E-state index is 7.08. The Balaban J connectivity index is 0.00000417. The summed E-state index contributed by atoms with van der Waals surface area (Å²) >= 11 is 0. The summed E-state index contributed by atoms with van der Waals surface area (Å²) in [6.07, 6.45) is 4.02. The van der Waals surface area contributed by atoms with Gasteiger partial charge in [0, 0.05) is 69.1 Å². The second kappa shape index (κ2) is 12.3. The van der Waals surface area contributed by atoms with Gasteiger partial charge in [-0.15, -0.1) is 28.6 Å². The van der Waals surface area contributed by atoms with Gasteiger partial charge in [-0.25, -0.2) is 14.1 Å². The van der Waals surface area contributed by atoms with E-state index in [1.165, 1.54) is 10.9 Å². The Morgan fingerprint density at radius 1 is 0.653 bits per heavy atom. The molecule has 7 rings (SSSR count). The number of ether oxygens (including phenoxy) is 1. The number of hydrogen-bond donors (Lipinski definition) is 0. The molecule has 3 aromatic heterocycles.